The molecule has 1 heterocycles. The number of fused-ring (bicyclic) bond motifs is 1. The summed E-state index contributed by atoms with van der Waals surface area (Å²) in [6.07, 6.45) is 0. The lowest BCUT2D eigenvalue weighted by Gasteiger charge is -2.03. The summed E-state index contributed by atoms with van der Waals surface area (Å²) in [6.45, 7) is 2.00. The summed E-state index contributed by atoms with van der Waals surface area (Å²) in [7, 11) is 0. The standard InChI is InChI=1S/C14H12N2O2/c1-9-2-4-10(5-3-9)16-13-7-6-11(17)8-12(13)15-14(16)18/h2-8,17H,1H3,(H,15,18). The first-order valence-corrected chi connectivity index (χ1v) is 5.66. The van der Waals surface area contributed by atoms with E-state index in [1.54, 1.807) is 22.8 Å². The summed E-state index contributed by atoms with van der Waals surface area (Å²) < 4.78 is 1.59. The van der Waals surface area contributed by atoms with E-state index < -0.39 is 0 Å². The van der Waals surface area contributed by atoms with E-state index in [4.69, 9.17) is 0 Å². The maximum Gasteiger partial charge on any atom is 0.331 e. The second-order valence-corrected chi connectivity index (χ2v) is 4.30. The van der Waals surface area contributed by atoms with Crippen molar-refractivity contribution in [2.75, 3.05) is 0 Å². The number of phenolic OH excluding ortho intramolecular Hbond substituents is 1. The van der Waals surface area contributed by atoms with Crippen molar-refractivity contribution in [3.8, 4) is 11.4 Å². The molecule has 4 nitrogen and oxygen atoms in total. The van der Waals surface area contributed by atoms with Crippen molar-refractivity contribution < 1.29 is 5.11 Å². The number of imidazole rings is 1. The molecule has 3 rings (SSSR count). The summed E-state index contributed by atoms with van der Waals surface area (Å²) in [4.78, 5) is 14.7. The third-order valence-corrected chi connectivity index (χ3v) is 2.96. The Morgan fingerprint density at radius 2 is 1.83 bits per heavy atom. The highest BCUT2D eigenvalue weighted by atomic mass is 16.3. The number of rotatable bonds is 1. The molecule has 1 aromatic heterocycles. The number of benzene rings is 2. The van der Waals surface area contributed by atoms with Crippen LogP contribution in [0.2, 0.25) is 0 Å². The molecule has 90 valence electrons. The second kappa shape index (κ2) is 3.77. The van der Waals surface area contributed by atoms with Crippen LogP contribution in [0.1, 0.15) is 5.56 Å². The van der Waals surface area contributed by atoms with Crippen molar-refractivity contribution in [3.63, 3.8) is 0 Å². The highest BCUT2D eigenvalue weighted by Crippen LogP contribution is 2.19. The van der Waals surface area contributed by atoms with Gasteiger partial charge in [0.05, 0.1) is 16.7 Å². The maximum absolute atomic E-state index is 12.0. The summed E-state index contributed by atoms with van der Waals surface area (Å²) in [5, 5.41) is 9.41. The van der Waals surface area contributed by atoms with Gasteiger partial charge in [0.15, 0.2) is 0 Å². The van der Waals surface area contributed by atoms with E-state index in [2.05, 4.69) is 4.98 Å². The number of nitrogens with one attached hydrogen (secondary N) is 1. The van der Waals surface area contributed by atoms with E-state index in [9.17, 15) is 9.90 Å². The largest absolute Gasteiger partial charge is 0.508 e. The molecule has 0 aliphatic heterocycles. The quantitative estimate of drug-likeness (QED) is 0.685. The number of H-pyrrole nitrogens is 1. The number of nitrogens with zero attached hydrogens (tertiary/aromatic N) is 1. The molecule has 18 heavy (non-hydrogen) atoms. The number of hydrogen-bond acceptors (Lipinski definition) is 2. The molecule has 0 unspecified atom stereocenters. The van der Waals surface area contributed by atoms with Crippen molar-refractivity contribution in [1.82, 2.24) is 9.55 Å². The first-order valence-electron chi connectivity index (χ1n) is 5.66. The molecular formula is C14H12N2O2. The van der Waals surface area contributed by atoms with Crippen molar-refractivity contribution in [2.24, 2.45) is 0 Å². The van der Waals surface area contributed by atoms with Crippen LogP contribution in [0.3, 0.4) is 0 Å². The normalized spacial score (nSPS) is 10.9. The Hall–Kier alpha value is -2.49. The van der Waals surface area contributed by atoms with Gasteiger partial charge in [-0.25, -0.2) is 4.79 Å². The zero-order chi connectivity index (χ0) is 12.7. The molecule has 4 heteroatoms. The Kier molecular flexibility index (Phi) is 2.23. The zero-order valence-corrected chi connectivity index (χ0v) is 9.84. The lowest BCUT2D eigenvalue weighted by atomic mass is 10.2. The monoisotopic (exact) mass is 240 g/mol. The number of aromatic hydroxyl groups is 1. The van der Waals surface area contributed by atoms with E-state index >= 15 is 0 Å². The van der Waals surface area contributed by atoms with Gasteiger partial charge in [-0.1, -0.05) is 17.7 Å². The summed E-state index contributed by atoms with van der Waals surface area (Å²) >= 11 is 0. The first kappa shape index (κ1) is 10.7. The van der Waals surface area contributed by atoms with Crippen LogP contribution < -0.4 is 5.69 Å². The predicted molar refractivity (Wildman–Crippen MR) is 70.3 cm³/mol. The van der Waals surface area contributed by atoms with Crippen molar-refractivity contribution in [1.29, 1.82) is 0 Å². The average Bonchev–Trinajstić information content (AvgIpc) is 2.65. The fraction of sp³-hybridized carbons (Fsp3) is 0.0714. The van der Waals surface area contributed by atoms with Crippen LogP contribution in [0, 0.1) is 6.92 Å². The molecule has 0 saturated heterocycles. The van der Waals surface area contributed by atoms with E-state index in [0.717, 1.165) is 16.8 Å². The molecule has 0 saturated carbocycles. The number of aromatic amines is 1. The molecule has 2 N–H and O–H groups in total. The fourth-order valence-corrected chi connectivity index (χ4v) is 2.05. The Morgan fingerprint density at radius 1 is 1.11 bits per heavy atom. The summed E-state index contributed by atoms with van der Waals surface area (Å²) in [6, 6.07) is 12.6. The highest BCUT2D eigenvalue weighted by molar-refractivity contribution is 5.78. The average molecular weight is 240 g/mol. The first-order chi connectivity index (χ1) is 8.65. The predicted octanol–water partition coefficient (Wildman–Crippen LogP) is 2.33. The van der Waals surface area contributed by atoms with Gasteiger partial charge in [-0.2, -0.15) is 0 Å². The van der Waals surface area contributed by atoms with Gasteiger partial charge in [0.2, 0.25) is 0 Å². The molecule has 2 aromatic carbocycles. The lowest BCUT2D eigenvalue weighted by molar-refractivity contribution is 0.476. The van der Waals surface area contributed by atoms with Gasteiger partial charge in [0, 0.05) is 6.07 Å². The molecule has 0 fully saturated rings. The Bertz CT molecular complexity index is 767. The minimum Gasteiger partial charge on any atom is -0.508 e. The molecule has 0 aliphatic rings. The number of aryl methyl sites for hydroxylation is 1. The molecule has 0 spiro atoms. The third kappa shape index (κ3) is 1.59. The number of phenols is 1. The second-order valence-electron chi connectivity index (χ2n) is 4.30. The van der Waals surface area contributed by atoms with Gasteiger partial charge >= 0.3 is 5.69 Å². The van der Waals surface area contributed by atoms with Gasteiger partial charge in [-0.15, -0.1) is 0 Å². The van der Waals surface area contributed by atoms with Crippen LogP contribution in [0.25, 0.3) is 16.7 Å². The van der Waals surface area contributed by atoms with Gasteiger partial charge in [-0.05, 0) is 31.2 Å². The van der Waals surface area contributed by atoms with E-state index in [1.807, 2.05) is 31.2 Å². The SMILES string of the molecule is Cc1ccc(-n2c(=O)[nH]c3cc(O)ccc32)cc1. The summed E-state index contributed by atoms with van der Waals surface area (Å²) in [5.41, 5.74) is 3.12. The van der Waals surface area contributed by atoms with Crippen LogP contribution in [0.4, 0.5) is 0 Å². The Morgan fingerprint density at radius 3 is 2.56 bits per heavy atom. The third-order valence-electron chi connectivity index (χ3n) is 2.96. The number of aromatic nitrogens is 2. The van der Waals surface area contributed by atoms with Crippen LogP contribution in [0.5, 0.6) is 5.75 Å². The molecule has 0 radical (unpaired) electrons. The minimum atomic E-state index is -0.209. The zero-order valence-electron chi connectivity index (χ0n) is 9.84. The van der Waals surface area contributed by atoms with Gasteiger partial charge < -0.3 is 10.1 Å². The lowest BCUT2D eigenvalue weighted by Crippen LogP contribution is -2.14. The molecule has 3 aromatic rings. The smallest absolute Gasteiger partial charge is 0.331 e. The molecule has 0 aliphatic carbocycles. The minimum absolute atomic E-state index is 0.139. The Balaban J connectivity index is 2.32. The Labute approximate surface area is 103 Å². The van der Waals surface area contributed by atoms with Gasteiger partial charge in [0.1, 0.15) is 5.75 Å². The molecule has 0 atom stereocenters. The topological polar surface area (TPSA) is 58.0 Å². The number of hydrogen-bond donors (Lipinski definition) is 2. The molecule has 0 bridgehead atoms. The fourth-order valence-electron chi connectivity index (χ4n) is 2.05. The van der Waals surface area contributed by atoms with Crippen molar-refractivity contribution >= 4 is 11.0 Å². The van der Waals surface area contributed by atoms with E-state index in [0.29, 0.717) is 5.52 Å². The van der Waals surface area contributed by atoms with Crippen LogP contribution in [-0.4, -0.2) is 14.7 Å². The van der Waals surface area contributed by atoms with Crippen molar-refractivity contribution in [2.45, 2.75) is 6.92 Å². The maximum atomic E-state index is 12.0. The highest BCUT2D eigenvalue weighted by Gasteiger charge is 2.08. The molecular weight excluding hydrogens is 228 g/mol. The van der Waals surface area contributed by atoms with Crippen LogP contribution in [0.15, 0.2) is 47.3 Å². The van der Waals surface area contributed by atoms with E-state index in [-0.39, 0.29) is 11.4 Å². The van der Waals surface area contributed by atoms with Crippen LogP contribution >= 0.6 is 0 Å². The van der Waals surface area contributed by atoms with Crippen LogP contribution in [-0.2, 0) is 0 Å². The van der Waals surface area contributed by atoms with Gasteiger partial charge in [-0.3, -0.25) is 4.57 Å². The van der Waals surface area contributed by atoms with Crippen molar-refractivity contribution in [3.05, 3.63) is 58.5 Å². The molecule has 0 amide bonds. The van der Waals surface area contributed by atoms with E-state index in [1.165, 1.54) is 0 Å². The van der Waals surface area contributed by atoms with Gasteiger partial charge in [0.25, 0.3) is 0 Å². The summed E-state index contributed by atoms with van der Waals surface area (Å²) in [5.74, 6) is 0.139.